The van der Waals surface area contributed by atoms with Crippen LogP contribution in [-0.2, 0) is 4.79 Å². The van der Waals surface area contributed by atoms with Crippen molar-refractivity contribution in [1.82, 2.24) is 21.5 Å². The predicted octanol–water partition coefficient (Wildman–Crippen LogP) is 1.10. The van der Waals surface area contributed by atoms with E-state index in [9.17, 15) is 14.0 Å². The minimum absolute atomic E-state index is 0.112. The van der Waals surface area contributed by atoms with Crippen molar-refractivity contribution in [3.8, 4) is 0 Å². The maximum absolute atomic E-state index is 13.4. The number of hydrogen-bond acceptors (Lipinski definition) is 3. The summed E-state index contributed by atoms with van der Waals surface area (Å²) in [5.41, 5.74) is 4.76. The predicted molar refractivity (Wildman–Crippen MR) is 90.1 cm³/mol. The van der Waals surface area contributed by atoms with Crippen molar-refractivity contribution in [2.75, 3.05) is 13.1 Å². The summed E-state index contributed by atoms with van der Waals surface area (Å²) in [6, 6.07) is 5.54. The minimum Gasteiger partial charge on any atom is -0.361 e. The minimum atomic E-state index is -0.657. The average Bonchev–Trinajstić information content (AvgIpc) is 2.50. The van der Waals surface area contributed by atoms with Crippen LogP contribution >= 0.6 is 12.2 Å². The normalized spacial score (nSPS) is 10.1. The zero-order valence-corrected chi connectivity index (χ0v) is 13.9. The molecule has 1 aromatic rings. The number of rotatable bonds is 6. The molecule has 0 saturated carbocycles. The second kappa shape index (κ2) is 9.73. The Labute approximate surface area is 140 Å². The van der Waals surface area contributed by atoms with Gasteiger partial charge in [0.1, 0.15) is 5.82 Å². The van der Waals surface area contributed by atoms with E-state index in [1.54, 1.807) is 6.07 Å². The van der Waals surface area contributed by atoms with Crippen LogP contribution < -0.4 is 21.5 Å². The number of carbonyl (C=O) groups excluding carboxylic acids is 2. The number of amides is 2. The van der Waals surface area contributed by atoms with Crippen molar-refractivity contribution >= 4 is 29.1 Å². The summed E-state index contributed by atoms with van der Waals surface area (Å²) >= 11 is 4.98. The number of hydrogen-bond donors (Lipinski definition) is 4. The second-order valence-corrected chi connectivity index (χ2v) is 5.68. The highest BCUT2D eigenvalue weighted by Gasteiger charge is 2.11. The van der Waals surface area contributed by atoms with Gasteiger partial charge in [-0.05, 0) is 36.7 Å². The SMILES string of the molecule is CC(C)CCNC(=S)NNC(=O)CNC(=O)c1ccccc1F. The molecule has 6 nitrogen and oxygen atoms in total. The van der Waals surface area contributed by atoms with E-state index in [-0.39, 0.29) is 12.1 Å². The Morgan fingerprint density at radius 2 is 1.87 bits per heavy atom. The van der Waals surface area contributed by atoms with Crippen molar-refractivity contribution in [3.63, 3.8) is 0 Å². The van der Waals surface area contributed by atoms with Gasteiger partial charge in [0.25, 0.3) is 11.8 Å². The Balaban J connectivity index is 2.25. The quantitative estimate of drug-likeness (QED) is 0.460. The molecule has 0 spiro atoms. The number of carbonyl (C=O) groups is 2. The first kappa shape index (κ1) is 18.8. The first-order valence-electron chi connectivity index (χ1n) is 7.25. The van der Waals surface area contributed by atoms with Gasteiger partial charge in [-0.15, -0.1) is 0 Å². The Kier molecular flexibility index (Phi) is 7.96. The van der Waals surface area contributed by atoms with Crippen LogP contribution in [0.25, 0.3) is 0 Å². The van der Waals surface area contributed by atoms with Crippen molar-refractivity contribution < 1.29 is 14.0 Å². The van der Waals surface area contributed by atoms with Crippen LogP contribution in [0.3, 0.4) is 0 Å². The molecule has 0 heterocycles. The lowest BCUT2D eigenvalue weighted by molar-refractivity contribution is -0.120. The molecular weight excluding hydrogens is 319 g/mol. The maximum Gasteiger partial charge on any atom is 0.257 e. The zero-order chi connectivity index (χ0) is 17.2. The van der Waals surface area contributed by atoms with Crippen LogP contribution in [0.2, 0.25) is 0 Å². The van der Waals surface area contributed by atoms with E-state index in [0.29, 0.717) is 17.6 Å². The first-order chi connectivity index (χ1) is 10.9. The second-order valence-electron chi connectivity index (χ2n) is 5.27. The molecule has 0 radical (unpaired) electrons. The fourth-order valence-corrected chi connectivity index (χ4v) is 1.74. The van der Waals surface area contributed by atoms with E-state index in [4.69, 9.17) is 12.2 Å². The molecule has 0 atom stereocenters. The third-order valence-corrected chi connectivity index (χ3v) is 3.10. The Bertz CT molecular complexity index is 566. The largest absolute Gasteiger partial charge is 0.361 e. The van der Waals surface area contributed by atoms with E-state index in [1.807, 2.05) is 0 Å². The molecule has 1 rings (SSSR count). The van der Waals surface area contributed by atoms with Gasteiger partial charge < -0.3 is 10.6 Å². The Morgan fingerprint density at radius 1 is 1.17 bits per heavy atom. The van der Waals surface area contributed by atoms with Crippen LogP contribution in [0, 0.1) is 11.7 Å². The number of thiocarbonyl (C=S) groups is 1. The van der Waals surface area contributed by atoms with Crippen molar-refractivity contribution in [2.45, 2.75) is 20.3 Å². The van der Waals surface area contributed by atoms with E-state index in [1.165, 1.54) is 18.2 Å². The average molecular weight is 340 g/mol. The van der Waals surface area contributed by atoms with Gasteiger partial charge >= 0.3 is 0 Å². The lowest BCUT2D eigenvalue weighted by atomic mass is 10.1. The number of benzene rings is 1. The van der Waals surface area contributed by atoms with Gasteiger partial charge in [-0.2, -0.15) is 0 Å². The molecule has 0 fully saturated rings. The molecule has 0 aliphatic rings. The number of hydrazine groups is 1. The summed E-state index contributed by atoms with van der Waals surface area (Å²) in [7, 11) is 0. The molecule has 126 valence electrons. The van der Waals surface area contributed by atoms with Gasteiger partial charge in [0, 0.05) is 6.54 Å². The van der Waals surface area contributed by atoms with Gasteiger partial charge in [-0.3, -0.25) is 20.4 Å². The summed E-state index contributed by atoms with van der Waals surface area (Å²) in [5.74, 6) is -1.24. The molecule has 0 aliphatic carbocycles. The molecule has 4 N–H and O–H groups in total. The highest BCUT2D eigenvalue weighted by molar-refractivity contribution is 7.80. The van der Waals surface area contributed by atoms with Crippen molar-refractivity contribution in [3.05, 3.63) is 35.6 Å². The number of nitrogens with one attached hydrogen (secondary N) is 4. The van der Waals surface area contributed by atoms with Crippen LogP contribution in [0.15, 0.2) is 24.3 Å². The molecular formula is C15H21FN4O2S. The van der Waals surface area contributed by atoms with Gasteiger partial charge in [0.15, 0.2) is 5.11 Å². The monoisotopic (exact) mass is 340 g/mol. The zero-order valence-electron chi connectivity index (χ0n) is 13.1. The van der Waals surface area contributed by atoms with Gasteiger partial charge in [-0.1, -0.05) is 26.0 Å². The lowest BCUT2D eigenvalue weighted by Gasteiger charge is -2.12. The lowest BCUT2D eigenvalue weighted by Crippen LogP contribution is -2.50. The summed E-state index contributed by atoms with van der Waals surface area (Å²) in [4.78, 5) is 23.3. The van der Waals surface area contributed by atoms with Crippen molar-refractivity contribution in [1.29, 1.82) is 0 Å². The molecule has 2 amide bonds. The summed E-state index contributed by atoms with van der Waals surface area (Å²) in [5, 5.41) is 5.55. The van der Waals surface area contributed by atoms with E-state index >= 15 is 0 Å². The van der Waals surface area contributed by atoms with E-state index in [0.717, 1.165) is 6.42 Å². The Hall–Kier alpha value is -2.22. The van der Waals surface area contributed by atoms with Crippen LogP contribution in [0.5, 0.6) is 0 Å². The molecule has 1 aromatic carbocycles. The molecule has 23 heavy (non-hydrogen) atoms. The fraction of sp³-hybridized carbons (Fsp3) is 0.400. The van der Waals surface area contributed by atoms with Crippen LogP contribution in [0.1, 0.15) is 30.6 Å². The molecule has 0 bridgehead atoms. The number of halogens is 1. The first-order valence-corrected chi connectivity index (χ1v) is 7.66. The molecule has 0 aliphatic heterocycles. The summed E-state index contributed by atoms with van der Waals surface area (Å²) < 4.78 is 13.4. The maximum atomic E-state index is 13.4. The Morgan fingerprint density at radius 3 is 2.52 bits per heavy atom. The van der Waals surface area contributed by atoms with Crippen LogP contribution in [0.4, 0.5) is 4.39 Å². The molecule has 0 unspecified atom stereocenters. The van der Waals surface area contributed by atoms with Gasteiger partial charge in [0.05, 0.1) is 12.1 Å². The van der Waals surface area contributed by atoms with Crippen LogP contribution in [-0.4, -0.2) is 30.0 Å². The molecule has 0 aromatic heterocycles. The third kappa shape index (κ3) is 7.55. The summed E-state index contributed by atoms with van der Waals surface area (Å²) in [6.45, 7) is 4.59. The van der Waals surface area contributed by atoms with Gasteiger partial charge in [0.2, 0.25) is 0 Å². The fourth-order valence-electron chi connectivity index (χ4n) is 1.59. The topological polar surface area (TPSA) is 82.3 Å². The highest BCUT2D eigenvalue weighted by Crippen LogP contribution is 2.05. The third-order valence-electron chi connectivity index (χ3n) is 2.85. The van der Waals surface area contributed by atoms with Crippen molar-refractivity contribution in [2.24, 2.45) is 5.92 Å². The van der Waals surface area contributed by atoms with E-state index in [2.05, 4.69) is 35.3 Å². The summed E-state index contributed by atoms with van der Waals surface area (Å²) in [6.07, 6.45) is 0.953. The van der Waals surface area contributed by atoms with E-state index < -0.39 is 17.6 Å². The smallest absolute Gasteiger partial charge is 0.257 e. The molecule has 8 heteroatoms. The highest BCUT2D eigenvalue weighted by atomic mass is 32.1. The van der Waals surface area contributed by atoms with Gasteiger partial charge in [-0.25, -0.2) is 4.39 Å². The standard InChI is InChI=1S/C15H21FN4O2S/c1-10(2)7-8-17-15(23)20-19-13(21)9-18-14(22)11-5-3-4-6-12(11)16/h3-6,10H,7-9H2,1-2H3,(H,18,22)(H,19,21)(H2,17,20,23). The molecule has 0 saturated heterocycles.